The van der Waals surface area contributed by atoms with Gasteiger partial charge in [0.1, 0.15) is 12.4 Å². The third-order valence-electron chi connectivity index (χ3n) is 3.05. The Labute approximate surface area is 118 Å². The maximum Gasteiger partial charge on any atom is 0.123 e. The van der Waals surface area contributed by atoms with E-state index in [1.54, 1.807) is 0 Å². The molecule has 0 bridgehead atoms. The first kappa shape index (κ1) is 16.0. The molecular formula is C16H28N2O. The van der Waals surface area contributed by atoms with Crippen LogP contribution in [0.15, 0.2) is 24.3 Å². The van der Waals surface area contributed by atoms with Crippen molar-refractivity contribution in [1.82, 2.24) is 10.2 Å². The van der Waals surface area contributed by atoms with E-state index in [1.165, 1.54) is 12.0 Å². The van der Waals surface area contributed by atoms with Crippen molar-refractivity contribution in [3.05, 3.63) is 29.8 Å². The second kappa shape index (κ2) is 9.82. The lowest BCUT2D eigenvalue weighted by Crippen LogP contribution is -2.25. The minimum Gasteiger partial charge on any atom is -0.492 e. The molecule has 0 aromatic heterocycles. The number of nitrogens with one attached hydrogen (secondary N) is 1. The first-order valence-corrected chi connectivity index (χ1v) is 7.37. The molecule has 3 nitrogen and oxygen atoms in total. The van der Waals surface area contributed by atoms with E-state index >= 15 is 0 Å². The maximum atomic E-state index is 5.90. The van der Waals surface area contributed by atoms with Gasteiger partial charge in [-0.3, -0.25) is 0 Å². The van der Waals surface area contributed by atoms with Crippen molar-refractivity contribution in [2.24, 2.45) is 0 Å². The zero-order chi connectivity index (χ0) is 13.9. The topological polar surface area (TPSA) is 24.5 Å². The molecule has 0 aliphatic carbocycles. The van der Waals surface area contributed by atoms with Crippen LogP contribution in [0, 0.1) is 0 Å². The van der Waals surface area contributed by atoms with E-state index in [-0.39, 0.29) is 0 Å². The fraction of sp³-hybridized carbons (Fsp3) is 0.625. The van der Waals surface area contributed by atoms with Crippen molar-refractivity contribution in [1.29, 1.82) is 0 Å². The van der Waals surface area contributed by atoms with Crippen LogP contribution in [0.4, 0.5) is 0 Å². The number of hydrogen-bond donors (Lipinski definition) is 1. The Morgan fingerprint density at radius 1 is 1.11 bits per heavy atom. The number of likely N-dealkylation sites (N-methyl/N-ethyl adjacent to an activating group) is 1. The summed E-state index contributed by atoms with van der Waals surface area (Å²) in [5.41, 5.74) is 1.24. The highest BCUT2D eigenvalue weighted by molar-refractivity contribution is 5.33. The number of rotatable bonds is 10. The molecule has 1 rings (SSSR count). The molecule has 0 spiro atoms. The molecular weight excluding hydrogens is 236 g/mol. The molecule has 1 aromatic rings. The van der Waals surface area contributed by atoms with Crippen LogP contribution in [0.2, 0.25) is 0 Å². The van der Waals surface area contributed by atoms with Gasteiger partial charge in [0.25, 0.3) is 0 Å². The molecule has 0 aliphatic rings. The van der Waals surface area contributed by atoms with Crippen LogP contribution in [0.3, 0.4) is 0 Å². The molecule has 0 unspecified atom stereocenters. The zero-order valence-electron chi connectivity index (χ0n) is 12.6. The third kappa shape index (κ3) is 6.60. The Morgan fingerprint density at radius 2 is 1.89 bits per heavy atom. The van der Waals surface area contributed by atoms with E-state index in [4.69, 9.17) is 4.74 Å². The van der Waals surface area contributed by atoms with Gasteiger partial charge in [0.2, 0.25) is 0 Å². The summed E-state index contributed by atoms with van der Waals surface area (Å²) in [5.74, 6) is 1.01. The van der Waals surface area contributed by atoms with Gasteiger partial charge in [-0.05, 0) is 39.0 Å². The van der Waals surface area contributed by atoms with Gasteiger partial charge in [-0.25, -0.2) is 0 Å². The van der Waals surface area contributed by atoms with E-state index in [1.807, 2.05) is 6.07 Å². The highest BCUT2D eigenvalue weighted by Gasteiger charge is 2.03. The highest BCUT2D eigenvalue weighted by atomic mass is 16.5. The fourth-order valence-electron chi connectivity index (χ4n) is 2.00. The third-order valence-corrected chi connectivity index (χ3v) is 3.05. The maximum absolute atomic E-state index is 5.90. The van der Waals surface area contributed by atoms with Crippen LogP contribution in [-0.4, -0.2) is 38.2 Å². The quantitative estimate of drug-likeness (QED) is 0.658. The SMILES string of the molecule is CCCNCc1ccccc1OCCN(C)CCC. The molecule has 0 radical (unpaired) electrons. The van der Waals surface area contributed by atoms with E-state index in [0.29, 0.717) is 0 Å². The van der Waals surface area contributed by atoms with E-state index in [0.717, 1.165) is 45.0 Å². The normalized spacial score (nSPS) is 10.9. The van der Waals surface area contributed by atoms with Gasteiger partial charge in [-0.2, -0.15) is 0 Å². The minimum absolute atomic E-state index is 0.751. The zero-order valence-corrected chi connectivity index (χ0v) is 12.6. The molecule has 0 atom stereocenters. The molecule has 19 heavy (non-hydrogen) atoms. The Balaban J connectivity index is 2.39. The van der Waals surface area contributed by atoms with Crippen molar-refractivity contribution in [3.8, 4) is 5.75 Å². The molecule has 1 N–H and O–H groups in total. The van der Waals surface area contributed by atoms with Crippen LogP contribution in [0.25, 0.3) is 0 Å². The summed E-state index contributed by atoms with van der Waals surface area (Å²) in [4.78, 5) is 2.30. The number of para-hydroxylation sites is 1. The molecule has 0 heterocycles. The van der Waals surface area contributed by atoms with E-state index in [2.05, 4.69) is 49.3 Å². The summed E-state index contributed by atoms with van der Waals surface area (Å²) in [6, 6.07) is 8.30. The lowest BCUT2D eigenvalue weighted by Gasteiger charge is -2.17. The summed E-state index contributed by atoms with van der Waals surface area (Å²) in [6.07, 6.45) is 2.35. The monoisotopic (exact) mass is 264 g/mol. The molecule has 0 saturated carbocycles. The average molecular weight is 264 g/mol. The Hall–Kier alpha value is -1.06. The van der Waals surface area contributed by atoms with E-state index in [9.17, 15) is 0 Å². The summed E-state index contributed by atoms with van der Waals surface area (Å²) in [5, 5.41) is 3.42. The molecule has 0 saturated heterocycles. The largest absolute Gasteiger partial charge is 0.492 e. The van der Waals surface area contributed by atoms with Gasteiger partial charge in [0.05, 0.1) is 0 Å². The van der Waals surface area contributed by atoms with Crippen molar-refractivity contribution >= 4 is 0 Å². The number of benzene rings is 1. The van der Waals surface area contributed by atoms with Gasteiger partial charge in [0, 0.05) is 18.7 Å². The van der Waals surface area contributed by atoms with Crippen molar-refractivity contribution in [3.63, 3.8) is 0 Å². The van der Waals surface area contributed by atoms with E-state index < -0.39 is 0 Å². The van der Waals surface area contributed by atoms with Crippen LogP contribution in [0.1, 0.15) is 32.3 Å². The molecule has 108 valence electrons. The number of hydrogen-bond acceptors (Lipinski definition) is 3. The van der Waals surface area contributed by atoms with Gasteiger partial charge in [0.15, 0.2) is 0 Å². The first-order valence-electron chi connectivity index (χ1n) is 7.37. The Kier molecular flexibility index (Phi) is 8.26. The lowest BCUT2D eigenvalue weighted by molar-refractivity contribution is 0.236. The average Bonchev–Trinajstić information content (AvgIpc) is 2.41. The van der Waals surface area contributed by atoms with Crippen molar-refractivity contribution < 1.29 is 4.74 Å². The van der Waals surface area contributed by atoms with Crippen LogP contribution in [0.5, 0.6) is 5.75 Å². The predicted octanol–water partition coefficient (Wildman–Crippen LogP) is 2.91. The molecule has 0 aliphatic heterocycles. The standard InChI is InChI=1S/C16H28N2O/c1-4-10-17-14-15-8-6-7-9-16(15)19-13-12-18(3)11-5-2/h6-9,17H,4-5,10-14H2,1-3H3. The van der Waals surface area contributed by atoms with Crippen molar-refractivity contribution in [2.75, 3.05) is 33.3 Å². The fourth-order valence-corrected chi connectivity index (χ4v) is 2.00. The van der Waals surface area contributed by atoms with Gasteiger partial charge in [-0.1, -0.05) is 32.0 Å². The number of nitrogens with zero attached hydrogens (tertiary/aromatic N) is 1. The van der Waals surface area contributed by atoms with Crippen molar-refractivity contribution in [2.45, 2.75) is 33.2 Å². The molecule has 0 amide bonds. The van der Waals surface area contributed by atoms with Crippen LogP contribution in [-0.2, 0) is 6.54 Å². The molecule has 1 aromatic carbocycles. The van der Waals surface area contributed by atoms with Crippen LogP contribution >= 0.6 is 0 Å². The smallest absolute Gasteiger partial charge is 0.123 e. The number of ether oxygens (including phenoxy) is 1. The minimum atomic E-state index is 0.751. The Morgan fingerprint density at radius 3 is 2.63 bits per heavy atom. The molecule has 0 fully saturated rings. The van der Waals surface area contributed by atoms with Gasteiger partial charge in [-0.15, -0.1) is 0 Å². The lowest BCUT2D eigenvalue weighted by atomic mass is 10.2. The molecule has 3 heteroatoms. The summed E-state index contributed by atoms with van der Waals surface area (Å²) < 4.78 is 5.90. The van der Waals surface area contributed by atoms with Gasteiger partial charge < -0.3 is 15.0 Å². The second-order valence-electron chi connectivity index (χ2n) is 4.94. The summed E-state index contributed by atoms with van der Waals surface area (Å²) in [7, 11) is 2.14. The second-order valence-corrected chi connectivity index (χ2v) is 4.94. The van der Waals surface area contributed by atoms with Crippen LogP contribution < -0.4 is 10.1 Å². The highest BCUT2D eigenvalue weighted by Crippen LogP contribution is 2.17. The van der Waals surface area contributed by atoms with Gasteiger partial charge >= 0.3 is 0 Å². The summed E-state index contributed by atoms with van der Waals surface area (Å²) >= 11 is 0. The Bertz CT molecular complexity index is 341. The first-order chi connectivity index (χ1) is 9.27. The summed E-state index contributed by atoms with van der Waals surface area (Å²) in [6.45, 7) is 9.17. The predicted molar refractivity (Wildman–Crippen MR) is 81.7 cm³/mol.